The van der Waals surface area contributed by atoms with E-state index in [2.05, 4.69) is 15.5 Å². The van der Waals surface area contributed by atoms with Crippen molar-refractivity contribution >= 4 is 32.2 Å². The Morgan fingerprint density at radius 3 is 2.50 bits per heavy atom. The summed E-state index contributed by atoms with van der Waals surface area (Å²) in [5, 5.41) is 9.69. The summed E-state index contributed by atoms with van der Waals surface area (Å²) < 4.78 is 57.6. The Balaban J connectivity index is 1.64. The first-order valence-electron chi connectivity index (χ1n) is 8.87. The Morgan fingerprint density at radius 2 is 1.90 bits per heavy atom. The van der Waals surface area contributed by atoms with Gasteiger partial charge >= 0.3 is 0 Å². The van der Waals surface area contributed by atoms with Gasteiger partial charge in [-0.3, -0.25) is 10.1 Å². The van der Waals surface area contributed by atoms with Gasteiger partial charge in [0.25, 0.3) is 5.91 Å². The number of ether oxygens (including phenoxy) is 1. The maximum Gasteiger partial charge on any atom is 0.272 e. The minimum absolute atomic E-state index is 0.144. The molecule has 30 heavy (non-hydrogen) atoms. The minimum Gasteiger partial charge on any atom is -0.473 e. The van der Waals surface area contributed by atoms with Crippen LogP contribution in [-0.4, -0.2) is 29.8 Å². The predicted molar refractivity (Wildman–Crippen MR) is 105 cm³/mol. The van der Waals surface area contributed by atoms with Crippen LogP contribution in [0.3, 0.4) is 0 Å². The minimum atomic E-state index is -3.40. The Bertz CT molecular complexity index is 1170. The molecule has 1 heterocycles. The van der Waals surface area contributed by atoms with Crippen LogP contribution in [0, 0.1) is 11.6 Å². The average molecular weight is 451 g/mol. The van der Waals surface area contributed by atoms with Crippen LogP contribution >= 0.6 is 11.3 Å². The molecule has 1 N–H and O–H groups in total. The molecule has 11 heteroatoms. The fraction of sp³-hybridized carbons (Fsp3) is 0.211. The zero-order chi connectivity index (χ0) is 21.3. The number of amides is 1. The summed E-state index contributed by atoms with van der Waals surface area (Å²) in [4.78, 5) is 12.9. The van der Waals surface area contributed by atoms with E-state index in [1.165, 1.54) is 29.8 Å². The Labute approximate surface area is 174 Å². The van der Waals surface area contributed by atoms with Crippen LogP contribution in [0.25, 0.3) is 0 Å². The van der Waals surface area contributed by atoms with Gasteiger partial charge in [0, 0.05) is 11.6 Å². The van der Waals surface area contributed by atoms with Crippen molar-refractivity contribution in [1.29, 1.82) is 0 Å². The number of nitrogens with one attached hydrogen (secondary N) is 1. The number of carbonyl (C=O) groups is 1. The second-order valence-electron chi connectivity index (χ2n) is 6.62. The second-order valence-corrected chi connectivity index (χ2v) is 9.68. The molecule has 1 fully saturated rings. The van der Waals surface area contributed by atoms with E-state index in [4.69, 9.17) is 4.74 Å². The van der Waals surface area contributed by atoms with E-state index < -0.39 is 33.5 Å². The van der Waals surface area contributed by atoms with Crippen molar-refractivity contribution < 1.29 is 26.7 Å². The summed E-state index contributed by atoms with van der Waals surface area (Å²) >= 11 is 1.08. The molecule has 0 aliphatic heterocycles. The first kappa shape index (κ1) is 20.4. The lowest BCUT2D eigenvalue weighted by atomic mass is 10.1. The Kier molecular flexibility index (Phi) is 5.48. The lowest BCUT2D eigenvalue weighted by molar-refractivity contribution is -0.123. The van der Waals surface area contributed by atoms with Gasteiger partial charge in [0.05, 0.1) is 10.1 Å². The molecule has 156 valence electrons. The van der Waals surface area contributed by atoms with E-state index in [1.54, 1.807) is 0 Å². The summed E-state index contributed by atoms with van der Waals surface area (Å²) in [5.41, 5.74) is 1.71. The average Bonchev–Trinajstić information content (AvgIpc) is 3.46. The molecule has 4 rings (SSSR count). The van der Waals surface area contributed by atoms with E-state index in [9.17, 15) is 22.0 Å². The number of sulfone groups is 1. The predicted octanol–water partition coefficient (Wildman–Crippen LogP) is 3.51. The summed E-state index contributed by atoms with van der Waals surface area (Å²) in [6.45, 7) is 0. The van der Waals surface area contributed by atoms with Crippen LogP contribution in [0.2, 0.25) is 0 Å². The van der Waals surface area contributed by atoms with Gasteiger partial charge in [-0.15, -0.1) is 10.2 Å². The molecule has 1 aromatic heterocycles. The lowest BCUT2D eigenvalue weighted by Crippen LogP contribution is -2.26. The largest absolute Gasteiger partial charge is 0.473 e. The van der Waals surface area contributed by atoms with Gasteiger partial charge in [0.1, 0.15) is 11.3 Å². The zero-order valence-electron chi connectivity index (χ0n) is 15.3. The van der Waals surface area contributed by atoms with Gasteiger partial charge < -0.3 is 4.74 Å². The number of benzene rings is 2. The monoisotopic (exact) mass is 451 g/mol. The van der Waals surface area contributed by atoms with Crippen LogP contribution in [0.4, 0.5) is 13.9 Å². The third-order valence-electron chi connectivity index (χ3n) is 4.44. The van der Waals surface area contributed by atoms with Crippen LogP contribution in [0.1, 0.15) is 24.5 Å². The number of nitrogens with zero attached hydrogens (tertiary/aromatic N) is 2. The van der Waals surface area contributed by atoms with Crippen molar-refractivity contribution in [1.82, 2.24) is 10.2 Å². The zero-order valence-corrected chi connectivity index (χ0v) is 16.9. The highest BCUT2D eigenvalue weighted by Crippen LogP contribution is 2.34. The maximum atomic E-state index is 14.1. The highest BCUT2D eigenvalue weighted by Gasteiger charge is 2.37. The van der Waals surface area contributed by atoms with Crippen LogP contribution < -0.4 is 10.1 Å². The molecular weight excluding hydrogens is 436 g/mol. The molecule has 3 aromatic rings. The molecule has 1 amide bonds. The van der Waals surface area contributed by atoms with Crippen molar-refractivity contribution in [2.45, 2.75) is 29.1 Å². The molecule has 0 saturated heterocycles. The van der Waals surface area contributed by atoms with Gasteiger partial charge in [0.15, 0.2) is 21.4 Å². The van der Waals surface area contributed by atoms with E-state index in [0.717, 1.165) is 23.5 Å². The number of hydrogen-bond acceptors (Lipinski definition) is 7. The SMILES string of the molecule is O=C(Nc1nncs1)C(Oc1ccc(F)cc1F)c1ccc(S(=O)(=O)C2CC2)cc1. The molecule has 7 nitrogen and oxygen atoms in total. The smallest absolute Gasteiger partial charge is 0.272 e. The van der Waals surface area contributed by atoms with E-state index in [0.29, 0.717) is 18.9 Å². The third-order valence-corrected chi connectivity index (χ3v) is 7.33. The molecule has 1 aliphatic carbocycles. The number of rotatable bonds is 7. The molecule has 2 aromatic carbocycles. The molecular formula is C19H15F2N3O4S2. The van der Waals surface area contributed by atoms with Crippen molar-refractivity contribution in [3.63, 3.8) is 0 Å². The molecule has 0 bridgehead atoms. The normalized spacial score (nSPS) is 14.9. The number of halogens is 2. The van der Waals surface area contributed by atoms with Gasteiger partial charge in [-0.05, 0) is 37.1 Å². The molecule has 1 atom stereocenters. The number of aromatic nitrogens is 2. The fourth-order valence-corrected chi connectivity index (χ4v) is 4.88. The molecule has 1 saturated carbocycles. The van der Waals surface area contributed by atoms with E-state index in [1.807, 2.05) is 0 Å². The third kappa shape index (κ3) is 4.31. The maximum absolute atomic E-state index is 14.1. The number of carbonyl (C=O) groups excluding carboxylic acids is 1. The summed E-state index contributed by atoms with van der Waals surface area (Å²) in [6.07, 6.45) is -0.0834. The highest BCUT2D eigenvalue weighted by atomic mass is 32.2. The Hall–Kier alpha value is -2.92. The van der Waals surface area contributed by atoms with Gasteiger partial charge in [-0.2, -0.15) is 0 Å². The number of anilines is 1. The lowest BCUT2D eigenvalue weighted by Gasteiger charge is -2.19. The van der Waals surface area contributed by atoms with Crippen molar-refractivity contribution in [2.24, 2.45) is 0 Å². The van der Waals surface area contributed by atoms with Gasteiger partial charge in [0.2, 0.25) is 11.2 Å². The first-order chi connectivity index (χ1) is 14.3. The van der Waals surface area contributed by atoms with Crippen LogP contribution in [0.15, 0.2) is 52.9 Å². The molecule has 0 radical (unpaired) electrons. The topological polar surface area (TPSA) is 98.2 Å². The van der Waals surface area contributed by atoms with Crippen LogP contribution in [-0.2, 0) is 14.6 Å². The number of hydrogen-bond donors (Lipinski definition) is 1. The summed E-state index contributed by atoms with van der Waals surface area (Å²) in [5.74, 6) is -2.77. The van der Waals surface area contributed by atoms with Gasteiger partial charge in [-0.25, -0.2) is 17.2 Å². The molecule has 1 unspecified atom stereocenters. The van der Waals surface area contributed by atoms with Crippen molar-refractivity contribution in [3.05, 3.63) is 65.2 Å². The first-order valence-corrected chi connectivity index (χ1v) is 11.3. The van der Waals surface area contributed by atoms with Gasteiger partial charge in [-0.1, -0.05) is 23.5 Å². The highest BCUT2D eigenvalue weighted by molar-refractivity contribution is 7.92. The van der Waals surface area contributed by atoms with Crippen molar-refractivity contribution in [3.8, 4) is 5.75 Å². The van der Waals surface area contributed by atoms with E-state index >= 15 is 0 Å². The molecule has 0 spiro atoms. The summed E-state index contributed by atoms with van der Waals surface area (Å²) in [6, 6.07) is 8.35. The quantitative estimate of drug-likeness (QED) is 0.590. The van der Waals surface area contributed by atoms with Crippen molar-refractivity contribution in [2.75, 3.05) is 5.32 Å². The fourth-order valence-electron chi connectivity index (χ4n) is 2.77. The second kappa shape index (κ2) is 8.07. The summed E-state index contributed by atoms with van der Waals surface area (Å²) in [7, 11) is -3.40. The standard InChI is InChI=1S/C19H15F2N3O4S2/c20-12-3-8-16(15(21)9-12)28-17(18(25)23-19-24-22-10-29-19)11-1-4-13(5-2-11)30(26,27)14-6-7-14/h1-5,8-10,14,17H,6-7H2,(H,23,24,25). The Morgan fingerprint density at radius 1 is 1.17 bits per heavy atom. The van der Waals surface area contributed by atoms with Crippen LogP contribution in [0.5, 0.6) is 5.75 Å². The van der Waals surface area contributed by atoms with E-state index in [-0.39, 0.29) is 26.6 Å². The molecule has 1 aliphatic rings.